The fourth-order valence-electron chi connectivity index (χ4n) is 3.53. The number of likely N-dealkylation sites (tertiary alicyclic amines) is 1. The largest absolute Gasteiger partial charge is 0.467 e. The van der Waals surface area contributed by atoms with E-state index < -0.39 is 35.7 Å². The summed E-state index contributed by atoms with van der Waals surface area (Å²) in [6.45, 7) is 12.7. The van der Waals surface area contributed by atoms with Crippen LogP contribution in [0, 0.1) is 11.8 Å². The predicted octanol–water partition coefficient (Wildman–Crippen LogP) is 3.13. The smallest absolute Gasteiger partial charge is 0.434 e. The highest BCUT2D eigenvalue weighted by Gasteiger charge is 2.42. The summed E-state index contributed by atoms with van der Waals surface area (Å²) in [6.07, 6.45) is 2.60. The summed E-state index contributed by atoms with van der Waals surface area (Å²) < 4.78 is 10.0. The van der Waals surface area contributed by atoms with Gasteiger partial charge in [-0.1, -0.05) is 19.9 Å². The van der Waals surface area contributed by atoms with E-state index in [4.69, 9.17) is 9.47 Å². The number of aliphatic hydroxyl groups is 1. The summed E-state index contributed by atoms with van der Waals surface area (Å²) in [6, 6.07) is -0.910. The standard InChI is InChI=1S/C22H36N2O6/c1-8-9-10-14(2)11-15(3)18(23-21(28)30-22(4,5)6)19(26)24-13-16(25)12-17(24)20(27)29-7/h8,14-17,25H,1,9-13H2,2-7H3/t14?,15-,16+,17+/m1/s1. The third-order valence-corrected chi connectivity index (χ3v) is 4.92. The maximum absolute atomic E-state index is 13.3. The summed E-state index contributed by atoms with van der Waals surface area (Å²) in [5, 5.41) is 10.0. The highest BCUT2D eigenvalue weighted by atomic mass is 16.6. The normalized spacial score (nSPS) is 21.7. The summed E-state index contributed by atoms with van der Waals surface area (Å²) in [7, 11) is 1.23. The van der Waals surface area contributed by atoms with Crippen LogP contribution in [0.3, 0.4) is 0 Å². The van der Waals surface area contributed by atoms with Crippen LogP contribution in [-0.4, -0.2) is 65.1 Å². The van der Waals surface area contributed by atoms with Crippen molar-refractivity contribution in [2.24, 2.45) is 16.8 Å². The molecule has 8 nitrogen and oxygen atoms in total. The molecule has 1 saturated heterocycles. The second-order valence-electron chi connectivity index (χ2n) is 8.97. The van der Waals surface area contributed by atoms with Crippen LogP contribution in [0.5, 0.6) is 0 Å². The molecular formula is C22H36N2O6. The van der Waals surface area contributed by atoms with Gasteiger partial charge >= 0.3 is 12.1 Å². The quantitative estimate of drug-likeness (QED) is 0.365. The number of hydrogen-bond donors (Lipinski definition) is 1. The Kier molecular flexibility index (Phi) is 9.68. The van der Waals surface area contributed by atoms with E-state index in [-0.39, 0.29) is 30.5 Å². The van der Waals surface area contributed by atoms with Gasteiger partial charge in [0.25, 0.3) is 5.91 Å². The van der Waals surface area contributed by atoms with Gasteiger partial charge in [-0.15, -0.1) is 6.58 Å². The van der Waals surface area contributed by atoms with Gasteiger partial charge in [0.15, 0.2) is 0 Å². The molecular weight excluding hydrogens is 388 g/mol. The van der Waals surface area contributed by atoms with Crippen molar-refractivity contribution in [3.05, 3.63) is 12.7 Å². The van der Waals surface area contributed by atoms with Crippen LogP contribution in [0.1, 0.15) is 60.3 Å². The van der Waals surface area contributed by atoms with Gasteiger partial charge in [-0.25, -0.2) is 9.59 Å². The molecule has 4 atom stereocenters. The summed E-state index contributed by atoms with van der Waals surface area (Å²) in [5.41, 5.74) is -0.731. The molecule has 8 heteroatoms. The van der Waals surface area contributed by atoms with Gasteiger partial charge in [-0.05, 0) is 46.0 Å². The van der Waals surface area contributed by atoms with Crippen molar-refractivity contribution in [2.45, 2.75) is 78.0 Å². The first-order valence-electron chi connectivity index (χ1n) is 10.4. The number of nitrogens with zero attached hydrogens (tertiary/aromatic N) is 2. The average molecular weight is 425 g/mol. The molecule has 0 aromatic carbocycles. The van der Waals surface area contributed by atoms with E-state index in [1.807, 2.05) is 13.0 Å². The van der Waals surface area contributed by atoms with Crippen molar-refractivity contribution in [1.29, 1.82) is 0 Å². The van der Waals surface area contributed by atoms with Crippen LogP contribution >= 0.6 is 0 Å². The Labute approximate surface area is 179 Å². The molecule has 1 aliphatic rings. The lowest BCUT2D eigenvalue weighted by molar-refractivity contribution is -0.149. The molecule has 0 saturated carbocycles. The van der Waals surface area contributed by atoms with Gasteiger partial charge in [0.2, 0.25) is 0 Å². The monoisotopic (exact) mass is 424 g/mol. The predicted molar refractivity (Wildman–Crippen MR) is 114 cm³/mol. The number of allylic oxidation sites excluding steroid dienone is 1. The zero-order valence-electron chi connectivity index (χ0n) is 19.0. The Morgan fingerprint density at radius 3 is 2.47 bits per heavy atom. The number of carbonyl (C=O) groups excluding carboxylic acids is 3. The van der Waals surface area contributed by atoms with E-state index in [0.29, 0.717) is 6.42 Å². The Bertz CT molecular complexity index is 667. The van der Waals surface area contributed by atoms with Crippen LogP contribution < -0.4 is 0 Å². The SMILES string of the molecule is C=CCCC(C)C[C@@H](C)C(=NC(=O)OC(C)(C)C)C(=O)N1C[C@@H](O)C[C@H]1C(=O)OC. The third kappa shape index (κ3) is 7.89. The van der Waals surface area contributed by atoms with Crippen molar-refractivity contribution in [1.82, 2.24) is 4.90 Å². The Morgan fingerprint density at radius 1 is 1.30 bits per heavy atom. The molecule has 0 aromatic heterocycles. The molecule has 1 fully saturated rings. The molecule has 0 radical (unpaired) electrons. The molecule has 1 heterocycles. The van der Waals surface area contributed by atoms with E-state index in [1.54, 1.807) is 20.8 Å². The number of aliphatic imine (C=N–C) groups is 1. The maximum Gasteiger partial charge on any atom is 0.434 e. The molecule has 0 bridgehead atoms. The van der Waals surface area contributed by atoms with Crippen molar-refractivity contribution in [3.63, 3.8) is 0 Å². The number of esters is 1. The molecule has 0 aliphatic carbocycles. The molecule has 30 heavy (non-hydrogen) atoms. The topological polar surface area (TPSA) is 106 Å². The van der Waals surface area contributed by atoms with Gasteiger partial charge in [0, 0.05) is 18.9 Å². The molecule has 1 aliphatic heterocycles. The average Bonchev–Trinajstić information content (AvgIpc) is 3.03. The first kappa shape index (κ1) is 25.8. The molecule has 1 N–H and O–H groups in total. The lowest BCUT2D eigenvalue weighted by Crippen LogP contribution is -2.46. The Morgan fingerprint density at radius 2 is 1.93 bits per heavy atom. The molecule has 0 aromatic rings. The first-order chi connectivity index (χ1) is 13.9. The lowest BCUT2D eigenvalue weighted by Gasteiger charge is -2.26. The maximum atomic E-state index is 13.3. The minimum absolute atomic E-state index is 0.0231. The number of ether oxygens (including phenoxy) is 2. The number of amides is 2. The fraction of sp³-hybridized carbons (Fsp3) is 0.727. The summed E-state index contributed by atoms with van der Waals surface area (Å²) in [5.74, 6) is -1.24. The lowest BCUT2D eigenvalue weighted by atomic mass is 9.90. The molecule has 0 spiro atoms. The van der Waals surface area contributed by atoms with Crippen LogP contribution in [0.15, 0.2) is 17.6 Å². The number of β-amino-alcohol motifs (C(OH)–C–C–N with tert-alkyl or cyclic N) is 1. The summed E-state index contributed by atoms with van der Waals surface area (Å²) in [4.78, 5) is 43.0. The van der Waals surface area contributed by atoms with Gasteiger partial charge in [-0.2, -0.15) is 4.99 Å². The molecule has 1 rings (SSSR count). The molecule has 1 unspecified atom stereocenters. The number of aliphatic hydroxyl groups excluding tert-OH is 1. The molecule has 2 amide bonds. The van der Waals surface area contributed by atoms with Crippen molar-refractivity contribution < 1.29 is 29.0 Å². The van der Waals surface area contributed by atoms with Gasteiger partial charge < -0.3 is 19.5 Å². The zero-order valence-corrected chi connectivity index (χ0v) is 19.0. The van der Waals surface area contributed by atoms with E-state index in [0.717, 1.165) is 12.8 Å². The van der Waals surface area contributed by atoms with E-state index >= 15 is 0 Å². The third-order valence-electron chi connectivity index (χ3n) is 4.92. The zero-order chi connectivity index (χ0) is 23.1. The summed E-state index contributed by atoms with van der Waals surface area (Å²) >= 11 is 0. The highest BCUT2D eigenvalue weighted by molar-refractivity contribution is 6.41. The number of methoxy groups -OCH3 is 1. The Balaban J connectivity index is 3.17. The van der Waals surface area contributed by atoms with E-state index in [1.165, 1.54) is 12.0 Å². The van der Waals surface area contributed by atoms with Crippen molar-refractivity contribution >= 4 is 23.7 Å². The second-order valence-corrected chi connectivity index (χ2v) is 8.97. The van der Waals surface area contributed by atoms with Gasteiger partial charge in [0.1, 0.15) is 17.4 Å². The second kappa shape index (κ2) is 11.2. The molecule has 170 valence electrons. The fourth-order valence-corrected chi connectivity index (χ4v) is 3.53. The van der Waals surface area contributed by atoms with Crippen molar-refractivity contribution in [3.8, 4) is 0 Å². The van der Waals surface area contributed by atoms with Gasteiger partial charge in [-0.3, -0.25) is 4.79 Å². The Hall–Kier alpha value is -2.22. The van der Waals surface area contributed by atoms with E-state index in [2.05, 4.69) is 18.5 Å². The number of hydrogen-bond acceptors (Lipinski definition) is 6. The number of rotatable bonds is 8. The minimum atomic E-state index is -0.910. The number of carbonyl (C=O) groups is 3. The van der Waals surface area contributed by atoms with Crippen LogP contribution in [0.25, 0.3) is 0 Å². The first-order valence-corrected chi connectivity index (χ1v) is 10.4. The van der Waals surface area contributed by atoms with E-state index in [9.17, 15) is 19.5 Å². The van der Waals surface area contributed by atoms with Crippen LogP contribution in [0.2, 0.25) is 0 Å². The van der Waals surface area contributed by atoms with Crippen molar-refractivity contribution in [2.75, 3.05) is 13.7 Å². The minimum Gasteiger partial charge on any atom is -0.467 e. The van der Waals surface area contributed by atoms with Gasteiger partial charge in [0.05, 0.1) is 13.2 Å². The van der Waals surface area contributed by atoms with Crippen LogP contribution in [-0.2, 0) is 19.1 Å². The van der Waals surface area contributed by atoms with Crippen LogP contribution in [0.4, 0.5) is 4.79 Å². The highest BCUT2D eigenvalue weighted by Crippen LogP contribution is 2.24.